The van der Waals surface area contributed by atoms with E-state index in [1.807, 2.05) is 34.5 Å². The summed E-state index contributed by atoms with van der Waals surface area (Å²) in [6.45, 7) is 9.27. The largest absolute Gasteiger partial charge is 0.493 e. The number of carbonyl (C=O) groups is 1. The quantitative estimate of drug-likeness (QED) is 0.579. The molecule has 0 aliphatic carbocycles. The monoisotopic (exact) mass is 390 g/mol. The molecule has 6 heteroatoms. The van der Waals surface area contributed by atoms with Crippen LogP contribution in [0.3, 0.4) is 0 Å². The smallest absolute Gasteiger partial charge is 0.223 e. The molecule has 27 heavy (non-hydrogen) atoms. The lowest BCUT2D eigenvalue weighted by Gasteiger charge is -2.28. The number of hydrogen-bond acceptors (Lipinski definition) is 5. The first-order valence-corrected chi connectivity index (χ1v) is 10.3. The molecule has 0 saturated carbocycles. The average molecular weight is 391 g/mol. The predicted octanol–water partition coefficient (Wildman–Crippen LogP) is 4.90. The van der Waals surface area contributed by atoms with Crippen molar-refractivity contribution in [2.45, 2.75) is 59.7 Å². The zero-order valence-electron chi connectivity index (χ0n) is 16.9. The van der Waals surface area contributed by atoms with Gasteiger partial charge in [0.2, 0.25) is 5.91 Å². The Balaban J connectivity index is 2.01. The average Bonchev–Trinajstić information content (AvgIpc) is 3.11. The summed E-state index contributed by atoms with van der Waals surface area (Å²) in [5.41, 5.74) is 0.913. The minimum absolute atomic E-state index is 0.194. The molecule has 5 nitrogen and oxygen atoms in total. The summed E-state index contributed by atoms with van der Waals surface area (Å²) in [5, 5.41) is 2.90. The first kappa shape index (κ1) is 21.2. The van der Waals surface area contributed by atoms with Gasteiger partial charge < -0.3 is 14.4 Å². The number of rotatable bonds is 10. The fraction of sp³-hybridized carbons (Fsp3) is 0.524. The molecule has 0 aliphatic heterocycles. The zero-order chi connectivity index (χ0) is 19.8. The third kappa shape index (κ3) is 6.24. The molecule has 1 aromatic heterocycles. The first-order valence-electron chi connectivity index (χ1n) is 9.43. The first-order chi connectivity index (χ1) is 12.9. The van der Waals surface area contributed by atoms with Crippen LogP contribution in [0.25, 0.3) is 0 Å². The van der Waals surface area contributed by atoms with Gasteiger partial charge in [-0.2, -0.15) is 0 Å². The highest BCUT2D eigenvalue weighted by Gasteiger charge is 2.21. The van der Waals surface area contributed by atoms with Gasteiger partial charge in [0.05, 0.1) is 19.3 Å². The van der Waals surface area contributed by atoms with E-state index in [4.69, 9.17) is 9.47 Å². The van der Waals surface area contributed by atoms with Crippen molar-refractivity contribution in [2.24, 2.45) is 5.92 Å². The van der Waals surface area contributed by atoms with Crippen LogP contribution in [0.15, 0.2) is 29.6 Å². The fourth-order valence-electron chi connectivity index (χ4n) is 2.72. The van der Waals surface area contributed by atoms with Gasteiger partial charge in [-0.3, -0.25) is 4.79 Å². The number of ether oxygens (including phenoxy) is 2. The zero-order valence-corrected chi connectivity index (χ0v) is 17.7. The molecule has 0 N–H and O–H groups in total. The molecule has 2 rings (SSSR count). The number of carbonyl (C=O) groups excluding carboxylic acids is 1. The Hall–Kier alpha value is -2.08. The SMILES string of the molecule is CCC(C)N(Cc1csc(COc2ccccc2OC)n1)C(=O)CC(C)C. The van der Waals surface area contributed by atoms with Crippen molar-refractivity contribution < 1.29 is 14.3 Å². The summed E-state index contributed by atoms with van der Waals surface area (Å²) in [6.07, 6.45) is 1.50. The van der Waals surface area contributed by atoms with Gasteiger partial charge in [-0.25, -0.2) is 4.98 Å². The Bertz CT molecular complexity index is 730. The van der Waals surface area contributed by atoms with E-state index >= 15 is 0 Å². The topological polar surface area (TPSA) is 51.7 Å². The van der Waals surface area contributed by atoms with Gasteiger partial charge >= 0.3 is 0 Å². The van der Waals surface area contributed by atoms with E-state index in [1.165, 1.54) is 0 Å². The number of thiazole rings is 1. The summed E-state index contributed by atoms with van der Waals surface area (Å²) in [6, 6.07) is 7.77. The number of amides is 1. The molecule has 0 aliphatic rings. The highest BCUT2D eigenvalue weighted by atomic mass is 32.1. The van der Waals surface area contributed by atoms with Gasteiger partial charge in [-0.05, 0) is 31.4 Å². The van der Waals surface area contributed by atoms with Gasteiger partial charge in [-0.1, -0.05) is 32.9 Å². The predicted molar refractivity (Wildman–Crippen MR) is 109 cm³/mol. The fourth-order valence-corrected chi connectivity index (χ4v) is 3.41. The lowest BCUT2D eigenvalue weighted by molar-refractivity contribution is -0.134. The third-order valence-corrected chi connectivity index (χ3v) is 5.25. The van der Waals surface area contributed by atoms with E-state index in [-0.39, 0.29) is 11.9 Å². The number of para-hydroxylation sites is 2. The summed E-state index contributed by atoms with van der Waals surface area (Å²) in [7, 11) is 1.63. The molecule has 1 aromatic carbocycles. The molecule has 1 amide bonds. The second-order valence-corrected chi connectivity index (χ2v) is 7.99. The highest BCUT2D eigenvalue weighted by Crippen LogP contribution is 2.27. The standard InChI is InChI=1S/C21H30N2O3S/c1-6-16(4)23(21(24)11-15(2)3)12-17-14-27-20(22-17)13-26-19-10-8-7-9-18(19)25-5/h7-10,14-16H,6,11-13H2,1-5H3. The number of aromatic nitrogens is 1. The van der Waals surface area contributed by atoms with Crippen molar-refractivity contribution in [3.8, 4) is 11.5 Å². The maximum atomic E-state index is 12.6. The molecular weight excluding hydrogens is 360 g/mol. The van der Waals surface area contributed by atoms with Crippen LogP contribution < -0.4 is 9.47 Å². The van der Waals surface area contributed by atoms with Crippen LogP contribution in [-0.2, 0) is 17.9 Å². The van der Waals surface area contributed by atoms with E-state index in [0.29, 0.717) is 37.0 Å². The van der Waals surface area contributed by atoms with Crippen LogP contribution in [0.2, 0.25) is 0 Å². The van der Waals surface area contributed by atoms with Crippen molar-refractivity contribution >= 4 is 17.2 Å². The lowest BCUT2D eigenvalue weighted by atomic mass is 10.1. The summed E-state index contributed by atoms with van der Waals surface area (Å²) in [5.74, 6) is 1.95. The Morgan fingerprint density at radius 1 is 1.22 bits per heavy atom. The Morgan fingerprint density at radius 2 is 1.93 bits per heavy atom. The summed E-state index contributed by atoms with van der Waals surface area (Å²) in [4.78, 5) is 19.2. The van der Waals surface area contributed by atoms with Gasteiger partial charge in [0.25, 0.3) is 0 Å². The minimum Gasteiger partial charge on any atom is -0.493 e. The maximum absolute atomic E-state index is 12.6. The molecule has 148 valence electrons. The molecule has 2 aromatic rings. The second kappa shape index (κ2) is 10.3. The van der Waals surface area contributed by atoms with Gasteiger partial charge in [-0.15, -0.1) is 11.3 Å². The molecule has 0 bridgehead atoms. The van der Waals surface area contributed by atoms with Crippen molar-refractivity contribution in [3.05, 3.63) is 40.3 Å². The van der Waals surface area contributed by atoms with Crippen molar-refractivity contribution in [3.63, 3.8) is 0 Å². The lowest BCUT2D eigenvalue weighted by Crippen LogP contribution is -2.38. The number of benzene rings is 1. The second-order valence-electron chi connectivity index (χ2n) is 7.05. The van der Waals surface area contributed by atoms with Gasteiger partial charge in [0, 0.05) is 17.8 Å². The van der Waals surface area contributed by atoms with E-state index in [1.54, 1.807) is 18.4 Å². The van der Waals surface area contributed by atoms with Gasteiger partial charge in [0.15, 0.2) is 11.5 Å². The molecule has 0 radical (unpaired) electrons. The third-order valence-electron chi connectivity index (χ3n) is 4.38. The Morgan fingerprint density at radius 3 is 2.56 bits per heavy atom. The highest BCUT2D eigenvalue weighted by molar-refractivity contribution is 7.09. The molecule has 0 saturated heterocycles. The molecular formula is C21H30N2O3S. The molecule has 1 atom stereocenters. The molecule has 1 heterocycles. The van der Waals surface area contributed by atoms with E-state index in [2.05, 4.69) is 32.7 Å². The van der Waals surface area contributed by atoms with Crippen LogP contribution in [0.4, 0.5) is 0 Å². The maximum Gasteiger partial charge on any atom is 0.223 e. The van der Waals surface area contributed by atoms with Crippen LogP contribution in [0, 0.1) is 5.92 Å². The Kier molecular flexibility index (Phi) is 8.10. The normalized spacial score (nSPS) is 12.1. The van der Waals surface area contributed by atoms with E-state index in [9.17, 15) is 4.79 Å². The Labute approximate surface area is 166 Å². The molecule has 0 fully saturated rings. The van der Waals surface area contributed by atoms with Crippen molar-refractivity contribution in [1.29, 1.82) is 0 Å². The minimum atomic E-state index is 0.194. The van der Waals surface area contributed by atoms with Crippen LogP contribution in [0.5, 0.6) is 11.5 Å². The van der Waals surface area contributed by atoms with Crippen LogP contribution >= 0.6 is 11.3 Å². The van der Waals surface area contributed by atoms with Gasteiger partial charge in [0.1, 0.15) is 11.6 Å². The summed E-state index contributed by atoms with van der Waals surface area (Å²) < 4.78 is 11.1. The molecule has 1 unspecified atom stereocenters. The summed E-state index contributed by atoms with van der Waals surface area (Å²) >= 11 is 1.55. The van der Waals surface area contributed by atoms with Crippen molar-refractivity contribution in [2.75, 3.05) is 7.11 Å². The molecule has 0 spiro atoms. The van der Waals surface area contributed by atoms with Crippen LogP contribution in [0.1, 0.15) is 51.2 Å². The van der Waals surface area contributed by atoms with Crippen LogP contribution in [-0.4, -0.2) is 28.9 Å². The number of methoxy groups -OCH3 is 1. The van der Waals surface area contributed by atoms with Crippen molar-refractivity contribution in [1.82, 2.24) is 9.88 Å². The van der Waals surface area contributed by atoms with E-state index < -0.39 is 0 Å². The van der Waals surface area contributed by atoms with E-state index in [0.717, 1.165) is 17.1 Å². The number of hydrogen-bond donors (Lipinski definition) is 0. The number of nitrogens with zero attached hydrogens (tertiary/aromatic N) is 2.